The van der Waals surface area contributed by atoms with Crippen molar-refractivity contribution in [2.45, 2.75) is 32.7 Å². The van der Waals surface area contributed by atoms with Crippen molar-refractivity contribution in [3.8, 4) is 11.6 Å². The lowest BCUT2D eigenvalue weighted by molar-refractivity contribution is 0.0969. The Kier molecular flexibility index (Phi) is 5.13. The topological polar surface area (TPSA) is 91.4 Å². The molecule has 0 saturated heterocycles. The molecule has 0 saturated carbocycles. The highest BCUT2D eigenvalue weighted by Crippen LogP contribution is 2.44. The summed E-state index contributed by atoms with van der Waals surface area (Å²) in [5, 5.41) is 1.15. The van der Waals surface area contributed by atoms with Crippen LogP contribution in [0.4, 0.5) is 0 Å². The Morgan fingerprint density at radius 3 is 2.55 bits per heavy atom. The minimum atomic E-state index is -0.568. The lowest BCUT2D eigenvalue weighted by Crippen LogP contribution is -2.34. The van der Waals surface area contributed by atoms with E-state index in [2.05, 4.69) is 4.98 Å². The fraction of sp³-hybridized carbons (Fsp3) is 0.200. The van der Waals surface area contributed by atoms with Gasteiger partial charge in [0.05, 0.1) is 23.1 Å². The van der Waals surface area contributed by atoms with Crippen molar-refractivity contribution in [3.63, 3.8) is 0 Å². The van der Waals surface area contributed by atoms with Crippen molar-refractivity contribution in [1.29, 1.82) is 0 Å². The largest absolute Gasteiger partial charge is 0.437 e. The van der Waals surface area contributed by atoms with Gasteiger partial charge in [-0.05, 0) is 49.7 Å². The van der Waals surface area contributed by atoms with Gasteiger partial charge in [-0.2, -0.15) is 4.98 Å². The molecule has 0 N–H and O–H groups in total. The number of hydrogen-bond acceptors (Lipinski definition) is 6. The highest BCUT2D eigenvalue weighted by atomic mass is 35.5. The monoisotopic (exact) mass is 462 g/mol. The Morgan fingerprint density at radius 1 is 1.09 bits per heavy atom. The second kappa shape index (κ2) is 8.01. The number of Topliss-reactive ketones (excluding diaryl/α,β-unsaturated/α-hetero) is 1. The van der Waals surface area contributed by atoms with Crippen LogP contribution in [0.2, 0.25) is 5.02 Å². The number of aromatic nitrogens is 2. The van der Waals surface area contributed by atoms with E-state index in [0.717, 1.165) is 0 Å². The molecule has 0 radical (unpaired) electrons. The van der Waals surface area contributed by atoms with E-state index in [4.69, 9.17) is 20.8 Å². The highest BCUT2D eigenvalue weighted by molar-refractivity contribution is 6.30. The number of para-hydroxylation sites is 1. The molecular formula is C25H19ClN2O5. The molecule has 5 rings (SSSR count). The molecule has 1 atom stereocenters. The molecule has 0 fully saturated rings. The number of rotatable bonds is 4. The molecule has 1 aliphatic heterocycles. The zero-order valence-corrected chi connectivity index (χ0v) is 18.7. The normalized spacial score (nSPS) is 14.5. The lowest BCUT2D eigenvalue weighted by Gasteiger charge is -2.26. The van der Waals surface area contributed by atoms with Crippen molar-refractivity contribution in [2.24, 2.45) is 0 Å². The third-order valence-electron chi connectivity index (χ3n) is 5.93. The summed E-state index contributed by atoms with van der Waals surface area (Å²) >= 11 is 5.91. The summed E-state index contributed by atoms with van der Waals surface area (Å²) in [6.45, 7) is 3.33. The van der Waals surface area contributed by atoms with Gasteiger partial charge in [-0.1, -0.05) is 30.7 Å². The number of ketones is 1. The van der Waals surface area contributed by atoms with Gasteiger partial charge in [-0.25, -0.2) is 4.79 Å². The molecule has 0 bridgehead atoms. The molecule has 33 heavy (non-hydrogen) atoms. The van der Waals surface area contributed by atoms with Gasteiger partial charge in [0.25, 0.3) is 5.56 Å². The van der Waals surface area contributed by atoms with Crippen LogP contribution < -0.4 is 15.9 Å². The molecule has 3 heterocycles. The van der Waals surface area contributed by atoms with E-state index in [1.807, 2.05) is 13.0 Å². The predicted molar refractivity (Wildman–Crippen MR) is 124 cm³/mol. The van der Waals surface area contributed by atoms with Crippen LogP contribution in [-0.2, 0) is 6.54 Å². The number of hydrogen-bond donors (Lipinski definition) is 0. The van der Waals surface area contributed by atoms with Gasteiger partial charge >= 0.3 is 5.63 Å². The minimum absolute atomic E-state index is 0.155. The van der Waals surface area contributed by atoms with Gasteiger partial charge in [0.2, 0.25) is 5.88 Å². The van der Waals surface area contributed by atoms with E-state index in [0.29, 0.717) is 45.1 Å². The molecule has 2 aromatic heterocycles. The maximum absolute atomic E-state index is 13.5. The maximum Gasteiger partial charge on any atom is 0.343 e. The Labute approximate surface area is 193 Å². The molecule has 0 spiro atoms. The lowest BCUT2D eigenvalue weighted by atomic mass is 9.88. The fourth-order valence-corrected chi connectivity index (χ4v) is 4.41. The Hall–Kier alpha value is -3.71. The minimum Gasteiger partial charge on any atom is -0.437 e. The van der Waals surface area contributed by atoms with Crippen molar-refractivity contribution in [1.82, 2.24) is 9.55 Å². The second-order valence-corrected chi connectivity index (χ2v) is 8.33. The van der Waals surface area contributed by atoms with Gasteiger partial charge in [-0.3, -0.25) is 14.2 Å². The molecule has 0 amide bonds. The number of carbonyl (C=O) groups excluding carboxylic acids is 1. The van der Waals surface area contributed by atoms with Crippen LogP contribution in [-0.4, -0.2) is 15.3 Å². The van der Waals surface area contributed by atoms with E-state index in [1.54, 1.807) is 49.4 Å². The summed E-state index contributed by atoms with van der Waals surface area (Å²) < 4.78 is 12.9. The van der Waals surface area contributed by atoms with Gasteiger partial charge in [0.1, 0.15) is 11.4 Å². The van der Waals surface area contributed by atoms with Crippen LogP contribution >= 0.6 is 11.6 Å². The van der Waals surface area contributed by atoms with E-state index in [1.165, 1.54) is 4.57 Å². The van der Waals surface area contributed by atoms with Gasteiger partial charge in [-0.15, -0.1) is 0 Å². The van der Waals surface area contributed by atoms with Crippen LogP contribution in [0, 0.1) is 6.92 Å². The molecule has 7 nitrogen and oxygen atoms in total. The summed E-state index contributed by atoms with van der Waals surface area (Å²) in [7, 11) is 0. The highest BCUT2D eigenvalue weighted by Gasteiger charge is 2.36. The van der Waals surface area contributed by atoms with Crippen LogP contribution in [0.3, 0.4) is 0 Å². The van der Waals surface area contributed by atoms with Crippen molar-refractivity contribution in [3.05, 3.63) is 96.8 Å². The molecule has 0 unspecified atom stereocenters. The average molecular weight is 463 g/mol. The third kappa shape index (κ3) is 3.45. The Bertz CT molecular complexity index is 1540. The number of ether oxygens (including phenoxy) is 1. The molecule has 4 aromatic rings. The van der Waals surface area contributed by atoms with Gasteiger partial charge < -0.3 is 9.15 Å². The Morgan fingerprint density at radius 2 is 1.82 bits per heavy atom. The van der Waals surface area contributed by atoms with Gasteiger partial charge in [0.15, 0.2) is 11.5 Å². The van der Waals surface area contributed by atoms with Crippen molar-refractivity contribution >= 4 is 28.4 Å². The molecule has 1 aliphatic rings. The molecular weight excluding hydrogens is 444 g/mol. The predicted octanol–water partition coefficient (Wildman–Crippen LogP) is 4.84. The first-order valence-corrected chi connectivity index (χ1v) is 10.9. The average Bonchev–Trinajstić information content (AvgIpc) is 2.81. The van der Waals surface area contributed by atoms with Gasteiger partial charge in [0, 0.05) is 16.5 Å². The summed E-state index contributed by atoms with van der Waals surface area (Å²) in [5.41, 5.74) is 0.418. The van der Waals surface area contributed by atoms with Crippen LogP contribution in [0.5, 0.6) is 11.6 Å². The smallest absolute Gasteiger partial charge is 0.343 e. The summed E-state index contributed by atoms with van der Waals surface area (Å²) in [4.78, 5) is 43.7. The van der Waals surface area contributed by atoms with E-state index in [-0.39, 0.29) is 23.8 Å². The van der Waals surface area contributed by atoms with E-state index in [9.17, 15) is 14.4 Å². The quantitative estimate of drug-likeness (QED) is 0.318. The first-order valence-electron chi connectivity index (χ1n) is 10.5. The molecule has 0 aliphatic carbocycles. The number of carbonyl (C=O) groups is 1. The standard InChI is InChI=1S/C25H19ClN2O5/c1-3-16-20-22(17-6-4-5-7-19(17)32-25(20)31)33-23-21(16)24(30)28(13(2)27-23)12-18(29)14-8-10-15(26)11-9-14/h4-11,16H,3,12H2,1-2H3/t16-/m0/s1. The van der Waals surface area contributed by atoms with Crippen molar-refractivity contribution < 1.29 is 13.9 Å². The molecule has 8 heteroatoms. The number of halogens is 1. The fourth-order valence-electron chi connectivity index (χ4n) is 4.28. The maximum atomic E-state index is 13.5. The first kappa shape index (κ1) is 21.2. The number of benzene rings is 2. The number of aryl methyl sites for hydroxylation is 1. The zero-order valence-electron chi connectivity index (χ0n) is 17.9. The molecule has 2 aromatic carbocycles. The summed E-state index contributed by atoms with van der Waals surface area (Å²) in [5.74, 6) is 0.0355. The first-order chi connectivity index (χ1) is 15.9. The van der Waals surface area contributed by atoms with E-state index < -0.39 is 17.1 Å². The summed E-state index contributed by atoms with van der Waals surface area (Å²) in [6, 6.07) is 13.5. The number of nitrogens with zero attached hydrogens (tertiary/aromatic N) is 2. The number of fused-ring (bicyclic) bond motifs is 4. The Balaban J connectivity index is 1.64. The van der Waals surface area contributed by atoms with Crippen LogP contribution in [0.1, 0.15) is 46.6 Å². The zero-order chi connectivity index (χ0) is 23.3. The summed E-state index contributed by atoms with van der Waals surface area (Å²) in [6.07, 6.45) is 0.456. The van der Waals surface area contributed by atoms with E-state index >= 15 is 0 Å². The van der Waals surface area contributed by atoms with Crippen molar-refractivity contribution in [2.75, 3.05) is 0 Å². The molecule has 166 valence electrons. The second-order valence-electron chi connectivity index (χ2n) is 7.89. The van der Waals surface area contributed by atoms with Crippen LogP contribution in [0.25, 0.3) is 11.0 Å². The third-order valence-corrected chi connectivity index (χ3v) is 6.18. The SMILES string of the molecule is CC[C@H]1c2c(c3ccccc3oc2=O)Oc2nc(C)n(CC(=O)c3ccc(Cl)cc3)c(=O)c21. The van der Waals surface area contributed by atoms with Crippen LogP contribution in [0.15, 0.2) is 62.5 Å².